The van der Waals surface area contributed by atoms with Crippen molar-refractivity contribution in [3.05, 3.63) is 48.7 Å². The van der Waals surface area contributed by atoms with Crippen LogP contribution in [0.25, 0.3) is 0 Å². The Bertz CT molecular complexity index is 446. The molecule has 0 spiro atoms. The number of allylic oxidation sites excluding steroid dienone is 1. The molecule has 0 saturated carbocycles. The Balaban J connectivity index is 2.84. The van der Waals surface area contributed by atoms with Crippen LogP contribution in [0.5, 0.6) is 0 Å². The second kappa shape index (κ2) is 8.23. The third-order valence-electron chi connectivity index (χ3n) is 2.00. The first-order chi connectivity index (χ1) is 8.71. The van der Waals surface area contributed by atoms with E-state index in [4.69, 9.17) is 12.2 Å². The summed E-state index contributed by atoms with van der Waals surface area (Å²) in [7, 11) is 1.78. The molecule has 0 aliphatic rings. The molecule has 18 heavy (non-hydrogen) atoms. The van der Waals surface area contributed by atoms with Crippen LogP contribution in [0.15, 0.2) is 45.1 Å². The van der Waals surface area contributed by atoms with E-state index in [1.165, 1.54) is 3.57 Å². The Kier molecular flexibility index (Phi) is 6.92. The van der Waals surface area contributed by atoms with Crippen LogP contribution in [0, 0.1) is 3.57 Å². The second-order valence-electron chi connectivity index (χ2n) is 3.30. The summed E-state index contributed by atoms with van der Waals surface area (Å²) in [6.07, 6.45) is 2.10. The number of halogens is 1. The molecule has 0 unspecified atom stereocenters. The maximum absolute atomic E-state index is 5.12. The molecule has 3 nitrogen and oxygen atoms in total. The Labute approximate surface area is 121 Å². The Morgan fingerprint density at radius 3 is 2.83 bits per heavy atom. The van der Waals surface area contributed by atoms with Gasteiger partial charge in [-0.15, -0.1) is 0 Å². The van der Waals surface area contributed by atoms with Crippen molar-refractivity contribution in [3.63, 3.8) is 0 Å². The Hall–Kier alpha value is -0.920. The van der Waals surface area contributed by atoms with E-state index in [0.29, 0.717) is 5.11 Å². The van der Waals surface area contributed by atoms with Gasteiger partial charge in [-0.2, -0.15) is 0 Å². The van der Waals surface area contributed by atoms with Gasteiger partial charge in [-0.25, -0.2) is 0 Å². The number of hydrogen-bond donors (Lipinski definition) is 3. The van der Waals surface area contributed by atoms with E-state index in [-0.39, 0.29) is 0 Å². The topological polar surface area (TPSA) is 36.1 Å². The minimum atomic E-state index is -1.38. The van der Waals surface area contributed by atoms with Gasteiger partial charge >= 0.3 is 122 Å². The van der Waals surface area contributed by atoms with Crippen LogP contribution in [0.2, 0.25) is 0 Å². The molecule has 0 aliphatic heterocycles. The molecule has 0 aromatic heterocycles. The fourth-order valence-electron chi connectivity index (χ4n) is 1.33. The second-order valence-corrected chi connectivity index (χ2v) is 8.52. The van der Waals surface area contributed by atoms with Gasteiger partial charge in [-0.05, 0) is 0 Å². The van der Waals surface area contributed by atoms with Gasteiger partial charge in [-0.1, -0.05) is 0 Å². The normalized spacial score (nSPS) is 11.1. The molecule has 1 aromatic rings. The molecule has 5 heteroatoms. The summed E-state index contributed by atoms with van der Waals surface area (Å²) in [5.74, 6) is 0. The average Bonchev–Trinajstić information content (AvgIpc) is 2.36. The van der Waals surface area contributed by atoms with E-state index in [2.05, 4.69) is 49.1 Å². The molecule has 0 amide bonds. The third-order valence-corrected chi connectivity index (χ3v) is 6.76. The molecule has 3 N–H and O–H groups in total. The van der Waals surface area contributed by atoms with E-state index in [1.807, 2.05) is 19.1 Å². The molecule has 0 aliphatic carbocycles. The van der Waals surface area contributed by atoms with Crippen LogP contribution in [-0.2, 0) is 0 Å². The Morgan fingerprint density at radius 2 is 2.22 bits per heavy atom. The van der Waals surface area contributed by atoms with E-state index in [9.17, 15) is 0 Å². The standard InChI is InChI=1S/C13H18IN3S/c1-4-9-14(5-2)11-7-6-8-12(10-11)16-13(18)17-15-3/h4-10,15H,2H2,1,3H3,(H2,16,17,18)/b9-4-. The van der Waals surface area contributed by atoms with Gasteiger partial charge in [-0.3, -0.25) is 0 Å². The van der Waals surface area contributed by atoms with Crippen LogP contribution >= 0.6 is 32.0 Å². The number of anilines is 1. The summed E-state index contributed by atoms with van der Waals surface area (Å²) in [6.45, 7) is 5.97. The van der Waals surface area contributed by atoms with Gasteiger partial charge in [0.25, 0.3) is 0 Å². The van der Waals surface area contributed by atoms with Gasteiger partial charge < -0.3 is 0 Å². The number of benzene rings is 1. The quantitative estimate of drug-likeness (QED) is 0.419. The molecule has 0 saturated heterocycles. The van der Waals surface area contributed by atoms with E-state index < -0.39 is 19.8 Å². The van der Waals surface area contributed by atoms with Crippen LogP contribution in [0.3, 0.4) is 0 Å². The van der Waals surface area contributed by atoms with Crippen LogP contribution < -0.4 is 16.2 Å². The van der Waals surface area contributed by atoms with E-state index >= 15 is 0 Å². The van der Waals surface area contributed by atoms with Crippen molar-refractivity contribution >= 4 is 42.8 Å². The number of hydrogen-bond acceptors (Lipinski definition) is 2. The van der Waals surface area contributed by atoms with Crippen molar-refractivity contribution in [1.82, 2.24) is 10.9 Å². The number of thiocarbonyl (C=S) groups is 1. The molecule has 0 fully saturated rings. The van der Waals surface area contributed by atoms with Crippen molar-refractivity contribution in [2.45, 2.75) is 6.92 Å². The third kappa shape index (κ3) is 4.75. The molecule has 0 atom stereocenters. The fourth-order valence-corrected chi connectivity index (χ4v) is 4.86. The van der Waals surface area contributed by atoms with Crippen LogP contribution in [-0.4, -0.2) is 12.2 Å². The zero-order valence-electron chi connectivity index (χ0n) is 10.5. The number of nitrogens with one attached hydrogen (secondary N) is 3. The van der Waals surface area contributed by atoms with Crippen molar-refractivity contribution in [2.24, 2.45) is 0 Å². The first kappa shape index (κ1) is 15.1. The summed E-state index contributed by atoms with van der Waals surface area (Å²) in [6, 6.07) is 8.32. The predicted molar refractivity (Wildman–Crippen MR) is 92.6 cm³/mol. The summed E-state index contributed by atoms with van der Waals surface area (Å²) in [5.41, 5.74) is 6.61. The predicted octanol–water partition coefficient (Wildman–Crippen LogP) is 3.46. The SMILES string of the molecule is C=CI(/C=C\C)c1cccc(NC(=S)NNC)c1. The Morgan fingerprint density at radius 1 is 1.44 bits per heavy atom. The molecule has 1 aromatic carbocycles. The minimum absolute atomic E-state index is 0.555. The molecule has 98 valence electrons. The van der Waals surface area contributed by atoms with Crippen molar-refractivity contribution in [2.75, 3.05) is 12.4 Å². The number of hydrazine groups is 1. The van der Waals surface area contributed by atoms with Crippen LogP contribution in [0.1, 0.15) is 6.92 Å². The zero-order chi connectivity index (χ0) is 13.4. The number of rotatable bonds is 5. The van der Waals surface area contributed by atoms with Gasteiger partial charge in [0.2, 0.25) is 0 Å². The maximum atomic E-state index is 5.12. The van der Waals surface area contributed by atoms with Gasteiger partial charge in [0.15, 0.2) is 0 Å². The molecule has 0 radical (unpaired) electrons. The van der Waals surface area contributed by atoms with Crippen LogP contribution in [0.4, 0.5) is 5.69 Å². The summed E-state index contributed by atoms with van der Waals surface area (Å²) < 4.78 is 5.68. The summed E-state index contributed by atoms with van der Waals surface area (Å²) in [4.78, 5) is 0. The van der Waals surface area contributed by atoms with E-state index in [0.717, 1.165) is 5.69 Å². The summed E-state index contributed by atoms with van der Waals surface area (Å²) >= 11 is 3.74. The molecular weight excluding hydrogens is 357 g/mol. The summed E-state index contributed by atoms with van der Waals surface area (Å²) in [5, 5.41) is 3.68. The first-order valence-electron chi connectivity index (χ1n) is 5.47. The van der Waals surface area contributed by atoms with Gasteiger partial charge in [0, 0.05) is 0 Å². The zero-order valence-corrected chi connectivity index (χ0v) is 13.5. The van der Waals surface area contributed by atoms with Crippen molar-refractivity contribution in [1.29, 1.82) is 0 Å². The van der Waals surface area contributed by atoms with Gasteiger partial charge in [0.1, 0.15) is 0 Å². The molecule has 0 heterocycles. The molecular formula is C13H18IN3S. The fraction of sp³-hybridized carbons (Fsp3) is 0.154. The monoisotopic (exact) mass is 375 g/mol. The molecule has 1 rings (SSSR count). The molecule has 0 bridgehead atoms. The van der Waals surface area contributed by atoms with Crippen molar-refractivity contribution in [3.8, 4) is 0 Å². The van der Waals surface area contributed by atoms with Crippen molar-refractivity contribution < 1.29 is 0 Å². The average molecular weight is 375 g/mol. The van der Waals surface area contributed by atoms with Gasteiger partial charge in [0.05, 0.1) is 0 Å². The van der Waals surface area contributed by atoms with E-state index in [1.54, 1.807) is 7.05 Å². The first-order valence-corrected chi connectivity index (χ1v) is 9.45.